The number of hydrogen-bond donors (Lipinski definition) is 2. The average molecular weight is 401 g/mol. The Morgan fingerprint density at radius 3 is 2.62 bits per heavy atom. The molecule has 6 atom stereocenters. The first-order chi connectivity index (χ1) is 13.7. The van der Waals surface area contributed by atoms with Gasteiger partial charge in [0.15, 0.2) is 0 Å². The summed E-state index contributed by atoms with van der Waals surface area (Å²) < 4.78 is 0. The lowest BCUT2D eigenvalue weighted by Gasteiger charge is -2.44. The van der Waals surface area contributed by atoms with Crippen molar-refractivity contribution in [3.8, 4) is 0 Å². The molecule has 3 aliphatic rings. The van der Waals surface area contributed by atoms with Crippen LogP contribution in [-0.2, 0) is 0 Å². The topological polar surface area (TPSA) is 40.5 Å². The fraction of sp³-hybridized carbons (Fsp3) is 0.778. The van der Waals surface area contributed by atoms with Crippen molar-refractivity contribution >= 4 is 0 Å². The third kappa shape index (κ3) is 5.07. The van der Waals surface area contributed by atoms with E-state index in [1.165, 1.54) is 51.4 Å². The van der Waals surface area contributed by atoms with Crippen LogP contribution in [0.2, 0.25) is 0 Å². The van der Waals surface area contributed by atoms with Crippen molar-refractivity contribution in [3.05, 3.63) is 35.5 Å². The van der Waals surface area contributed by atoms with Gasteiger partial charge in [-0.1, -0.05) is 71.3 Å². The number of rotatable bonds is 6. The van der Waals surface area contributed by atoms with Crippen LogP contribution in [0.1, 0.15) is 91.9 Å². The zero-order valence-corrected chi connectivity index (χ0v) is 19.3. The van der Waals surface area contributed by atoms with Crippen LogP contribution in [0, 0.1) is 29.1 Å². The average Bonchev–Trinajstić information content (AvgIpc) is 3.00. The molecule has 0 aromatic heterocycles. The lowest BCUT2D eigenvalue weighted by Crippen LogP contribution is -2.36. The first-order valence-corrected chi connectivity index (χ1v) is 12.2. The van der Waals surface area contributed by atoms with Gasteiger partial charge in [0.2, 0.25) is 0 Å². The fourth-order valence-corrected chi connectivity index (χ4v) is 6.73. The van der Waals surface area contributed by atoms with E-state index >= 15 is 0 Å². The highest BCUT2D eigenvalue weighted by Crippen LogP contribution is 2.59. The van der Waals surface area contributed by atoms with Crippen LogP contribution < -0.4 is 0 Å². The van der Waals surface area contributed by atoms with Gasteiger partial charge in [0.05, 0.1) is 12.2 Å². The maximum absolute atomic E-state index is 10.1. The molecule has 2 heteroatoms. The zero-order chi connectivity index (χ0) is 21.2. The van der Waals surface area contributed by atoms with Crippen LogP contribution >= 0.6 is 0 Å². The van der Waals surface area contributed by atoms with Crippen LogP contribution in [0.4, 0.5) is 0 Å². The second kappa shape index (κ2) is 9.52. The first kappa shape index (κ1) is 22.8. The molecule has 2 N–H and O–H groups in total. The van der Waals surface area contributed by atoms with Crippen molar-refractivity contribution in [2.75, 3.05) is 0 Å². The van der Waals surface area contributed by atoms with Gasteiger partial charge >= 0.3 is 0 Å². The molecule has 3 fully saturated rings. The highest BCUT2D eigenvalue weighted by Gasteiger charge is 2.50. The highest BCUT2D eigenvalue weighted by molar-refractivity contribution is 5.38. The summed E-state index contributed by atoms with van der Waals surface area (Å²) in [5.41, 5.74) is 3.88. The van der Waals surface area contributed by atoms with E-state index in [9.17, 15) is 10.2 Å². The predicted octanol–water partition coefficient (Wildman–Crippen LogP) is 6.59. The van der Waals surface area contributed by atoms with Crippen molar-refractivity contribution < 1.29 is 10.2 Å². The normalized spacial score (nSPS) is 39.3. The quantitative estimate of drug-likeness (QED) is 0.528. The van der Waals surface area contributed by atoms with E-state index in [1.54, 1.807) is 5.57 Å². The number of allylic oxidation sites excluding steroid dienone is 3. The number of aliphatic hydroxyl groups excluding tert-OH is 2. The van der Waals surface area contributed by atoms with Crippen molar-refractivity contribution in [1.82, 2.24) is 0 Å². The Morgan fingerprint density at radius 2 is 1.90 bits per heavy atom. The van der Waals surface area contributed by atoms with E-state index in [1.807, 2.05) is 0 Å². The molecule has 3 saturated carbocycles. The Balaban J connectivity index is 1.71. The minimum atomic E-state index is -0.595. The van der Waals surface area contributed by atoms with Crippen molar-refractivity contribution in [1.29, 1.82) is 0 Å². The molecule has 0 aromatic carbocycles. The maximum atomic E-state index is 10.1. The third-order valence-electron chi connectivity index (χ3n) is 8.43. The summed E-state index contributed by atoms with van der Waals surface area (Å²) in [6.45, 7) is 13.8. The van der Waals surface area contributed by atoms with Gasteiger partial charge in [-0.25, -0.2) is 0 Å². The van der Waals surface area contributed by atoms with Gasteiger partial charge in [0.1, 0.15) is 0 Å². The number of fused-ring (bicyclic) bond motifs is 1. The summed E-state index contributed by atoms with van der Waals surface area (Å²) in [5, 5.41) is 20.2. The molecular formula is C27H44O2. The Hall–Kier alpha value is -0.860. The van der Waals surface area contributed by atoms with Crippen molar-refractivity contribution in [3.63, 3.8) is 0 Å². The van der Waals surface area contributed by atoms with Crippen LogP contribution in [0.15, 0.2) is 35.5 Å². The molecular weight excluding hydrogens is 356 g/mol. The number of hydrogen-bond acceptors (Lipinski definition) is 2. The molecule has 0 heterocycles. The second-order valence-electron chi connectivity index (χ2n) is 11.0. The summed E-state index contributed by atoms with van der Waals surface area (Å²) >= 11 is 0. The van der Waals surface area contributed by atoms with Crippen molar-refractivity contribution in [2.24, 2.45) is 29.1 Å². The Bertz CT molecular complexity index is 643. The van der Waals surface area contributed by atoms with Gasteiger partial charge in [0.25, 0.3) is 0 Å². The van der Waals surface area contributed by atoms with Gasteiger partial charge in [-0.2, -0.15) is 0 Å². The van der Waals surface area contributed by atoms with Crippen LogP contribution in [-0.4, -0.2) is 22.4 Å². The van der Waals surface area contributed by atoms with Crippen LogP contribution in [0.25, 0.3) is 0 Å². The molecule has 0 amide bonds. The standard InChI is InChI=1S/C27H44O2/c1-18(2)8-6-9-19(3)24-13-14-25-21(10-7-15-27(24,25)5)11-12-22-16-23(28)17-26(29)20(22)4/h11-12,18-19,23-26,28-29H,4,6-10,13-17H2,1-3,5H3/t19?,23?,24?,25?,26-,27+/m0/s1. The lowest BCUT2D eigenvalue weighted by molar-refractivity contribution is 0.0861. The summed E-state index contributed by atoms with van der Waals surface area (Å²) in [6, 6.07) is 0. The lowest BCUT2D eigenvalue weighted by atomic mass is 9.60. The summed E-state index contributed by atoms with van der Waals surface area (Å²) in [5.74, 6) is 3.20. The number of aliphatic hydroxyl groups is 2. The van der Waals surface area contributed by atoms with Gasteiger partial charge in [-0.3, -0.25) is 0 Å². The molecule has 29 heavy (non-hydrogen) atoms. The zero-order valence-electron chi connectivity index (χ0n) is 19.3. The van der Waals surface area contributed by atoms with Gasteiger partial charge in [-0.15, -0.1) is 0 Å². The van der Waals surface area contributed by atoms with E-state index in [0.29, 0.717) is 24.2 Å². The molecule has 2 nitrogen and oxygen atoms in total. The van der Waals surface area contributed by atoms with E-state index in [0.717, 1.165) is 28.9 Å². The SMILES string of the molecule is C=C1C(=CC=C2CCC[C@@]3(C)C2CCC3C(C)CCCC(C)C)CC(O)C[C@@H]1O. The van der Waals surface area contributed by atoms with Crippen molar-refractivity contribution in [2.45, 2.75) is 104 Å². The fourth-order valence-electron chi connectivity index (χ4n) is 6.73. The highest BCUT2D eigenvalue weighted by atomic mass is 16.3. The monoisotopic (exact) mass is 400 g/mol. The summed E-state index contributed by atoms with van der Waals surface area (Å²) in [7, 11) is 0. The van der Waals surface area contributed by atoms with Crippen LogP contribution in [0.3, 0.4) is 0 Å². The largest absolute Gasteiger partial charge is 0.393 e. The molecule has 0 spiro atoms. The molecule has 0 bridgehead atoms. The molecule has 0 aromatic rings. The molecule has 4 unspecified atom stereocenters. The second-order valence-corrected chi connectivity index (χ2v) is 11.0. The maximum Gasteiger partial charge on any atom is 0.0811 e. The van der Waals surface area contributed by atoms with Gasteiger partial charge in [-0.05, 0) is 78.8 Å². The van der Waals surface area contributed by atoms with Gasteiger partial charge < -0.3 is 10.2 Å². The Morgan fingerprint density at radius 1 is 1.14 bits per heavy atom. The van der Waals surface area contributed by atoms with E-state index in [2.05, 4.69) is 46.4 Å². The molecule has 164 valence electrons. The molecule has 3 aliphatic carbocycles. The molecule has 0 aliphatic heterocycles. The summed E-state index contributed by atoms with van der Waals surface area (Å²) in [6.07, 6.45) is 15.2. The smallest absolute Gasteiger partial charge is 0.0811 e. The minimum Gasteiger partial charge on any atom is -0.393 e. The van der Waals surface area contributed by atoms with Crippen LogP contribution in [0.5, 0.6) is 0 Å². The predicted molar refractivity (Wildman–Crippen MR) is 123 cm³/mol. The molecule has 0 radical (unpaired) electrons. The van der Waals surface area contributed by atoms with E-state index in [4.69, 9.17) is 0 Å². The molecule has 0 saturated heterocycles. The third-order valence-corrected chi connectivity index (χ3v) is 8.43. The first-order valence-electron chi connectivity index (χ1n) is 12.2. The Labute approximate surface area is 179 Å². The van der Waals surface area contributed by atoms with Gasteiger partial charge in [0, 0.05) is 6.42 Å². The van der Waals surface area contributed by atoms with E-state index in [-0.39, 0.29) is 0 Å². The van der Waals surface area contributed by atoms with E-state index < -0.39 is 12.2 Å². The minimum absolute atomic E-state index is 0.420. The molecule has 3 rings (SSSR count). The summed E-state index contributed by atoms with van der Waals surface area (Å²) in [4.78, 5) is 0. The Kier molecular flexibility index (Phi) is 7.49.